The molecule has 1 saturated carbocycles. The molecule has 1 aliphatic heterocycles. The predicted molar refractivity (Wildman–Crippen MR) is 89.3 cm³/mol. The highest BCUT2D eigenvalue weighted by Gasteiger charge is 2.33. The van der Waals surface area contributed by atoms with E-state index in [0.717, 1.165) is 30.7 Å². The van der Waals surface area contributed by atoms with Crippen LogP contribution in [0.1, 0.15) is 44.9 Å². The van der Waals surface area contributed by atoms with E-state index >= 15 is 0 Å². The lowest BCUT2D eigenvalue weighted by Crippen LogP contribution is -2.35. The zero-order chi connectivity index (χ0) is 14.7. The van der Waals surface area contributed by atoms with E-state index in [2.05, 4.69) is 25.9 Å². The molecule has 0 unspecified atom stereocenters. The minimum absolute atomic E-state index is 0.0466. The van der Waals surface area contributed by atoms with Gasteiger partial charge in [-0.3, -0.25) is 4.79 Å². The molecule has 0 aromatic carbocycles. The fraction of sp³-hybridized carbons (Fsp3) is 0.750. The number of anilines is 1. The Bertz CT molecular complexity index is 531. The van der Waals surface area contributed by atoms with E-state index in [1.165, 1.54) is 44.9 Å². The number of rotatable bonds is 4. The van der Waals surface area contributed by atoms with Gasteiger partial charge in [-0.05, 0) is 37.5 Å². The van der Waals surface area contributed by atoms with Crippen LogP contribution in [0.4, 0.5) is 5.69 Å². The van der Waals surface area contributed by atoms with E-state index in [-0.39, 0.29) is 11.0 Å². The average Bonchev–Trinajstić information content (AvgIpc) is 2.99. The SMILES string of the molecule is O=c1cc(N2CCCCC2)cnn1CC1(CBr)CCCC1. The largest absolute Gasteiger partial charge is 0.370 e. The monoisotopic (exact) mass is 353 g/mol. The molecule has 4 nitrogen and oxygen atoms in total. The molecule has 2 aliphatic rings. The highest BCUT2D eigenvalue weighted by molar-refractivity contribution is 9.09. The van der Waals surface area contributed by atoms with E-state index in [1.54, 1.807) is 10.7 Å². The average molecular weight is 354 g/mol. The summed E-state index contributed by atoms with van der Waals surface area (Å²) in [6, 6.07) is 1.77. The van der Waals surface area contributed by atoms with Crippen molar-refractivity contribution in [2.24, 2.45) is 5.41 Å². The van der Waals surface area contributed by atoms with Crippen LogP contribution in [0, 0.1) is 5.41 Å². The Morgan fingerprint density at radius 3 is 2.48 bits per heavy atom. The molecule has 2 heterocycles. The Hall–Kier alpha value is -0.840. The van der Waals surface area contributed by atoms with Crippen LogP contribution in [0.15, 0.2) is 17.1 Å². The van der Waals surface area contributed by atoms with Gasteiger partial charge >= 0.3 is 0 Å². The Morgan fingerprint density at radius 2 is 1.86 bits per heavy atom. The van der Waals surface area contributed by atoms with Gasteiger partial charge in [0.2, 0.25) is 0 Å². The third kappa shape index (κ3) is 3.33. The number of hydrogen-bond acceptors (Lipinski definition) is 3. The predicted octanol–water partition coefficient (Wildman–Crippen LogP) is 3.19. The van der Waals surface area contributed by atoms with Crippen molar-refractivity contribution in [3.05, 3.63) is 22.6 Å². The fourth-order valence-electron chi connectivity index (χ4n) is 3.64. The van der Waals surface area contributed by atoms with Crippen LogP contribution >= 0.6 is 15.9 Å². The second-order valence-electron chi connectivity index (χ2n) is 6.60. The van der Waals surface area contributed by atoms with Gasteiger partial charge in [-0.25, -0.2) is 4.68 Å². The summed E-state index contributed by atoms with van der Waals surface area (Å²) >= 11 is 3.64. The highest BCUT2D eigenvalue weighted by atomic mass is 79.9. The van der Waals surface area contributed by atoms with E-state index in [9.17, 15) is 4.79 Å². The van der Waals surface area contributed by atoms with Crippen LogP contribution < -0.4 is 10.5 Å². The van der Waals surface area contributed by atoms with Crippen molar-refractivity contribution in [2.75, 3.05) is 23.3 Å². The summed E-state index contributed by atoms with van der Waals surface area (Å²) in [5.74, 6) is 0. The van der Waals surface area contributed by atoms with E-state index in [1.807, 2.05) is 6.20 Å². The van der Waals surface area contributed by atoms with Crippen molar-refractivity contribution in [1.29, 1.82) is 0 Å². The zero-order valence-electron chi connectivity index (χ0n) is 12.6. The van der Waals surface area contributed by atoms with Crippen molar-refractivity contribution in [3.8, 4) is 0 Å². The van der Waals surface area contributed by atoms with Gasteiger partial charge in [0, 0.05) is 24.5 Å². The minimum Gasteiger partial charge on any atom is -0.370 e. The molecular formula is C16H24BrN3O. The minimum atomic E-state index is 0.0466. The van der Waals surface area contributed by atoms with Gasteiger partial charge in [0.25, 0.3) is 5.56 Å². The molecule has 21 heavy (non-hydrogen) atoms. The molecule has 0 radical (unpaired) electrons. The first-order chi connectivity index (χ1) is 10.2. The first-order valence-corrected chi connectivity index (χ1v) is 9.23. The summed E-state index contributed by atoms with van der Waals surface area (Å²) in [7, 11) is 0. The van der Waals surface area contributed by atoms with Gasteiger partial charge in [0.05, 0.1) is 18.4 Å². The van der Waals surface area contributed by atoms with Crippen LogP contribution in [-0.2, 0) is 6.54 Å². The van der Waals surface area contributed by atoms with Gasteiger partial charge in [0.15, 0.2) is 0 Å². The van der Waals surface area contributed by atoms with Crippen LogP contribution in [0.2, 0.25) is 0 Å². The normalized spacial score (nSPS) is 21.7. The third-order valence-corrected chi connectivity index (χ3v) is 6.20. The van der Waals surface area contributed by atoms with Crippen LogP contribution in [0.5, 0.6) is 0 Å². The summed E-state index contributed by atoms with van der Waals surface area (Å²) in [5.41, 5.74) is 1.27. The maximum Gasteiger partial charge on any atom is 0.268 e. The molecule has 0 amide bonds. The van der Waals surface area contributed by atoms with E-state index < -0.39 is 0 Å². The molecule has 2 fully saturated rings. The molecule has 116 valence electrons. The van der Waals surface area contributed by atoms with Gasteiger partial charge < -0.3 is 4.90 Å². The van der Waals surface area contributed by atoms with Crippen molar-refractivity contribution in [2.45, 2.75) is 51.5 Å². The second-order valence-corrected chi connectivity index (χ2v) is 7.16. The quantitative estimate of drug-likeness (QED) is 0.780. The van der Waals surface area contributed by atoms with E-state index in [0.29, 0.717) is 0 Å². The van der Waals surface area contributed by atoms with Gasteiger partial charge in [0.1, 0.15) is 0 Å². The second kappa shape index (κ2) is 6.51. The third-order valence-electron chi connectivity index (χ3n) is 5.01. The van der Waals surface area contributed by atoms with Crippen molar-refractivity contribution < 1.29 is 0 Å². The first kappa shape index (κ1) is 15.1. The Morgan fingerprint density at radius 1 is 1.14 bits per heavy atom. The lowest BCUT2D eigenvalue weighted by molar-refractivity contribution is 0.271. The standard InChI is InChI=1S/C16H24BrN3O/c17-12-16(6-2-3-7-16)13-20-15(21)10-14(11-18-20)19-8-4-1-5-9-19/h10-11H,1-9,12-13H2. The Balaban J connectivity index is 1.76. The van der Waals surface area contributed by atoms with Crippen LogP contribution in [0.3, 0.4) is 0 Å². The number of hydrogen-bond donors (Lipinski definition) is 0. The lowest BCUT2D eigenvalue weighted by Gasteiger charge is -2.29. The molecule has 3 rings (SSSR count). The maximum atomic E-state index is 12.4. The summed E-state index contributed by atoms with van der Waals surface area (Å²) in [6.07, 6.45) is 10.5. The number of alkyl halides is 1. The first-order valence-electron chi connectivity index (χ1n) is 8.11. The van der Waals surface area contributed by atoms with Gasteiger partial charge in [-0.15, -0.1) is 0 Å². The van der Waals surface area contributed by atoms with Gasteiger partial charge in [-0.1, -0.05) is 28.8 Å². The lowest BCUT2D eigenvalue weighted by atomic mass is 9.89. The summed E-state index contributed by atoms with van der Waals surface area (Å²) in [6.45, 7) is 2.85. The molecule has 5 heteroatoms. The summed E-state index contributed by atoms with van der Waals surface area (Å²) in [4.78, 5) is 14.7. The molecule has 1 aromatic rings. The molecule has 0 spiro atoms. The molecule has 0 bridgehead atoms. The Kier molecular flexibility index (Phi) is 4.67. The topological polar surface area (TPSA) is 38.1 Å². The summed E-state index contributed by atoms with van der Waals surface area (Å²) in [5, 5.41) is 5.41. The molecule has 1 aliphatic carbocycles. The Labute approximate surface area is 134 Å². The number of piperidine rings is 1. The molecular weight excluding hydrogens is 330 g/mol. The fourth-order valence-corrected chi connectivity index (χ4v) is 4.38. The van der Waals surface area contributed by atoms with Crippen LogP contribution in [-0.4, -0.2) is 28.2 Å². The van der Waals surface area contributed by atoms with Crippen LogP contribution in [0.25, 0.3) is 0 Å². The van der Waals surface area contributed by atoms with Crippen molar-refractivity contribution in [3.63, 3.8) is 0 Å². The maximum absolute atomic E-state index is 12.4. The zero-order valence-corrected chi connectivity index (χ0v) is 14.1. The number of halogens is 1. The smallest absolute Gasteiger partial charge is 0.268 e. The molecule has 0 atom stereocenters. The van der Waals surface area contributed by atoms with Gasteiger partial charge in [-0.2, -0.15) is 5.10 Å². The van der Waals surface area contributed by atoms with Crippen molar-refractivity contribution >= 4 is 21.6 Å². The molecule has 1 aromatic heterocycles. The van der Waals surface area contributed by atoms with E-state index in [4.69, 9.17) is 0 Å². The molecule has 1 saturated heterocycles. The number of aromatic nitrogens is 2. The summed E-state index contributed by atoms with van der Waals surface area (Å²) < 4.78 is 1.67. The highest BCUT2D eigenvalue weighted by Crippen LogP contribution is 2.40. The molecule has 0 N–H and O–H groups in total. The number of nitrogens with zero attached hydrogens (tertiary/aromatic N) is 3. The van der Waals surface area contributed by atoms with Crippen molar-refractivity contribution in [1.82, 2.24) is 9.78 Å².